The monoisotopic (exact) mass is 452 g/mol. The number of benzene rings is 3. The highest BCUT2D eigenvalue weighted by Gasteiger charge is 2.26. The SMILES string of the molecule is COC(=O)COc1cccc(-c2ocnc2-c2onc(-c3ccccc3)c2-c2ccccc2)c1. The van der Waals surface area contributed by atoms with Gasteiger partial charge in [-0.05, 0) is 17.7 Å². The normalized spacial score (nSPS) is 10.7. The number of hydrogen-bond donors (Lipinski definition) is 0. The van der Waals surface area contributed by atoms with Crippen molar-refractivity contribution in [1.29, 1.82) is 0 Å². The standard InChI is InChI=1S/C27H20N2O5/c1-31-22(30)16-32-21-14-8-13-20(15-21)26-25(28-17-33-26)27-23(18-9-4-2-5-10-18)24(29-34-27)19-11-6-3-7-12-19/h2-15,17H,16H2,1H3. The topological polar surface area (TPSA) is 87.6 Å². The molecule has 0 spiro atoms. The van der Waals surface area contributed by atoms with Crippen LogP contribution in [0.15, 0.2) is 100 Å². The van der Waals surface area contributed by atoms with E-state index in [1.807, 2.05) is 72.8 Å². The second kappa shape index (κ2) is 9.46. The van der Waals surface area contributed by atoms with Gasteiger partial charge in [0.25, 0.3) is 0 Å². The van der Waals surface area contributed by atoms with Crippen LogP contribution in [0.2, 0.25) is 0 Å². The summed E-state index contributed by atoms with van der Waals surface area (Å²) in [5.74, 6) is 1.02. The number of carbonyl (C=O) groups excluding carboxylic acids is 1. The number of ether oxygens (including phenoxy) is 2. The molecule has 0 fully saturated rings. The van der Waals surface area contributed by atoms with Crippen LogP contribution in [0.25, 0.3) is 45.2 Å². The second-order valence-corrected chi connectivity index (χ2v) is 7.39. The van der Waals surface area contributed by atoms with Gasteiger partial charge in [-0.2, -0.15) is 0 Å². The highest BCUT2D eigenvalue weighted by atomic mass is 16.6. The van der Waals surface area contributed by atoms with Gasteiger partial charge in [-0.25, -0.2) is 9.78 Å². The van der Waals surface area contributed by atoms with Gasteiger partial charge < -0.3 is 18.4 Å². The summed E-state index contributed by atoms with van der Waals surface area (Å²) >= 11 is 0. The van der Waals surface area contributed by atoms with Gasteiger partial charge in [0.15, 0.2) is 30.2 Å². The van der Waals surface area contributed by atoms with E-state index >= 15 is 0 Å². The molecule has 0 radical (unpaired) electrons. The summed E-state index contributed by atoms with van der Waals surface area (Å²) in [6, 6.07) is 26.9. The number of aromatic nitrogens is 2. The summed E-state index contributed by atoms with van der Waals surface area (Å²) in [6.45, 7) is -0.191. The number of hydrogen-bond acceptors (Lipinski definition) is 7. The maximum Gasteiger partial charge on any atom is 0.343 e. The summed E-state index contributed by atoms with van der Waals surface area (Å²) in [5.41, 5.74) is 4.64. The Morgan fingerprint density at radius 1 is 0.824 bits per heavy atom. The average Bonchev–Trinajstić information content (AvgIpc) is 3.56. The van der Waals surface area contributed by atoms with Crippen molar-refractivity contribution >= 4 is 5.97 Å². The molecule has 0 saturated heterocycles. The predicted octanol–water partition coefficient (Wildman–Crippen LogP) is 5.88. The van der Waals surface area contributed by atoms with E-state index in [0.29, 0.717) is 34.2 Å². The molecule has 0 aliphatic carbocycles. The molecular formula is C27H20N2O5. The van der Waals surface area contributed by atoms with E-state index in [-0.39, 0.29) is 6.61 Å². The molecule has 34 heavy (non-hydrogen) atoms. The highest BCUT2D eigenvalue weighted by molar-refractivity contribution is 5.92. The molecule has 3 aromatic carbocycles. The first kappa shape index (κ1) is 21.2. The number of carbonyl (C=O) groups is 1. The van der Waals surface area contributed by atoms with Crippen molar-refractivity contribution in [3.05, 3.63) is 91.3 Å². The largest absolute Gasteiger partial charge is 0.482 e. The zero-order valence-corrected chi connectivity index (χ0v) is 18.3. The minimum absolute atomic E-state index is 0.191. The van der Waals surface area contributed by atoms with Gasteiger partial charge in [0.1, 0.15) is 11.4 Å². The lowest BCUT2D eigenvalue weighted by Crippen LogP contribution is -2.12. The lowest BCUT2D eigenvalue weighted by molar-refractivity contribution is -0.142. The van der Waals surface area contributed by atoms with Crippen molar-refractivity contribution in [2.24, 2.45) is 0 Å². The van der Waals surface area contributed by atoms with Crippen LogP contribution >= 0.6 is 0 Å². The van der Waals surface area contributed by atoms with Crippen molar-refractivity contribution in [2.45, 2.75) is 0 Å². The van der Waals surface area contributed by atoms with Crippen LogP contribution in [0.5, 0.6) is 5.75 Å². The first-order chi connectivity index (χ1) is 16.7. The van der Waals surface area contributed by atoms with Crippen LogP contribution in [0.1, 0.15) is 0 Å². The lowest BCUT2D eigenvalue weighted by atomic mass is 9.97. The molecule has 2 heterocycles. The molecule has 2 aromatic heterocycles. The second-order valence-electron chi connectivity index (χ2n) is 7.39. The van der Waals surface area contributed by atoms with Gasteiger partial charge in [-0.3, -0.25) is 0 Å². The van der Waals surface area contributed by atoms with Gasteiger partial charge in [0.05, 0.1) is 12.7 Å². The van der Waals surface area contributed by atoms with Gasteiger partial charge in [-0.15, -0.1) is 0 Å². The van der Waals surface area contributed by atoms with Crippen LogP contribution in [-0.2, 0) is 9.53 Å². The first-order valence-electron chi connectivity index (χ1n) is 10.6. The van der Waals surface area contributed by atoms with E-state index in [2.05, 4.69) is 14.9 Å². The molecule has 0 atom stereocenters. The Balaban J connectivity index is 1.60. The summed E-state index contributed by atoms with van der Waals surface area (Å²) in [5, 5.41) is 4.40. The molecule has 7 nitrogen and oxygen atoms in total. The van der Waals surface area contributed by atoms with E-state index in [1.54, 1.807) is 12.1 Å². The number of methoxy groups -OCH3 is 1. The third-order valence-corrected chi connectivity index (χ3v) is 5.26. The number of nitrogens with zero attached hydrogens (tertiary/aromatic N) is 2. The quantitative estimate of drug-likeness (QED) is 0.285. The van der Waals surface area contributed by atoms with Crippen molar-refractivity contribution in [2.75, 3.05) is 13.7 Å². The minimum atomic E-state index is -0.464. The van der Waals surface area contributed by atoms with Crippen LogP contribution in [0, 0.1) is 0 Å². The smallest absolute Gasteiger partial charge is 0.343 e. The van der Waals surface area contributed by atoms with E-state index < -0.39 is 5.97 Å². The summed E-state index contributed by atoms with van der Waals surface area (Å²) in [7, 11) is 1.31. The van der Waals surface area contributed by atoms with Gasteiger partial charge in [0, 0.05) is 11.1 Å². The minimum Gasteiger partial charge on any atom is -0.482 e. The van der Waals surface area contributed by atoms with Crippen molar-refractivity contribution < 1.29 is 23.2 Å². The molecule has 7 heteroatoms. The average molecular weight is 452 g/mol. The molecule has 0 aliphatic heterocycles. The molecule has 0 bridgehead atoms. The highest BCUT2D eigenvalue weighted by Crippen LogP contribution is 2.42. The summed E-state index contributed by atoms with van der Waals surface area (Å²) in [4.78, 5) is 15.9. The molecular weight excluding hydrogens is 432 g/mol. The fraction of sp³-hybridized carbons (Fsp3) is 0.0741. The Bertz CT molecular complexity index is 1410. The van der Waals surface area contributed by atoms with Crippen molar-refractivity contribution in [3.63, 3.8) is 0 Å². The van der Waals surface area contributed by atoms with E-state index in [4.69, 9.17) is 13.7 Å². The maximum atomic E-state index is 11.4. The lowest BCUT2D eigenvalue weighted by Gasteiger charge is -2.07. The molecule has 5 aromatic rings. The molecule has 0 saturated carbocycles. The fourth-order valence-corrected chi connectivity index (χ4v) is 3.66. The number of oxazole rings is 1. The zero-order chi connectivity index (χ0) is 23.3. The van der Waals surface area contributed by atoms with Crippen LogP contribution in [0.4, 0.5) is 0 Å². The van der Waals surface area contributed by atoms with Crippen molar-refractivity contribution in [1.82, 2.24) is 10.1 Å². The maximum absolute atomic E-state index is 11.4. The molecule has 0 N–H and O–H groups in total. The summed E-state index contributed by atoms with van der Waals surface area (Å²) in [6.07, 6.45) is 1.37. The van der Waals surface area contributed by atoms with Gasteiger partial charge in [-0.1, -0.05) is 78.0 Å². The third kappa shape index (κ3) is 4.19. The Hall–Kier alpha value is -4.65. The Morgan fingerprint density at radius 3 is 2.26 bits per heavy atom. The Morgan fingerprint density at radius 2 is 1.53 bits per heavy atom. The summed E-state index contributed by atoms with van der Waals surface area (Å²) < 4.78 is 21.8. The number of rotatable bonds is 7. The zero-order valence-electron chi connectivity index (χ0n) is 18.3. The Kier molecular flexibility index (Phi) is 5.90. The first-order valence-corrected chi connectivity index (χ1v) is 10.6. The van der Waals surface area contributed by atoms with Crippen LogP contribution in [0.3, 0.4) is 0 Å². The molecule has 168 valence electrons. The Labute approximate surface area is 195 Å². The van der Waals surface area contributed by atoms with Gasteiger partial charge in [0.2, 0.25) is 0 Å². The van der Waals surface area contributed by atoms with Gasteiger partial charge >= 0.3 is 5.97 Å². The van der Waals surface area contributed by atoms with E-state index in [1.165, 1.54) is 13.5 Å². The number of esters is 1. The third-order valence-electron chi connectivity index (χ3n) is 5.26. The fourth-order valence-electron chi connectivity index (χ4n) is 3.66. The van der Waals surface area contributed by atoms with Crippen molar-refractivity contribution in [3.8, 4) is 50.9 Å². The molecule has 0 amide bonds. The molecule has 0 aliphatic rings. The molecule has 0 unspecified atom stereocenters. The van der Waals surface area contributed by atoms with Crippen LogP contribution < -0.4 is 4.74 Å². The van der Waals surface area contributed by atoms with E-state index in [0.717, 1.165) is 16.7 Å². The van der Waals surface area contributed by atoms with Crippen LogP contribution in [-0.4, -0.2) is 29.8 Å². The van der Waals surface area contributed by atoms with E-state index in [9.17, 15) is 4.79 Å². The molecule has 5 rings (SSSR count). The predicted molar refractivity (Wildman–Crippen MR) is 126 cm³/mol.